The minimum absolute atomic E-state index is 0.205. The maximum Gasteiger partial charge on any atom is 0.416 e. The van der Waals surface area contributed by atoms with Crippen LogP contribution in [0.25, 0.3) is 0 Å². The maximum absolute atomic E-state index is 13.2. The van der Waals surface area contributed by atoms with Crippen LogP contribution in [0.5, 0.6) is 0 Å². The van der Waals surface area contributed by atoms with Gasteiger partial charge in [-0.2, -0.15) is 17.5 Å². The van der Waals surface area contributed by atoms with Crippen LogP contribution >= 0.6 is 22.6 Å². The molecule has 0 radical (unpaired) electrons. The monoisotopic (exact) mass is 509 g/mol. The smallest absolute Gasteiger partial charge is 0.207 e. The second-order valence-corrected chi connectivity index (χ2v) is 10.3. The summed E-state index contributed by atoms with van der Waals surface area (Å²) in [5.74, 6) is 0. The molecular weight excluding hydrogens is 490 g/mol. The van der Waals surface area contributed by atoms with Gasteiger partial charge in [-0.05, 0) is 49.6 Å². The van der Waals surface area contributed by atoms with Gasteiger partial charge in [0.1, 0.15) is 0 Å². The Morgan fingerprint density at radius 2 is 1.63 bits per heavy atom. The summed E-state index contributed by atoms with van der Waals surface area (Å²) in [5.41, 5.74) is 0.806. The Morgan fingerprint density at radius 3 is 2.19 bits per heavy atom. The summed E-state index contributed by atoms with van der Waals surface area (Å²) in [6, 6.07) is 11.0. The summed E-state index contributed by atoms with van der Waals surface area (Å²) in [6.45, 7) is 2.22. The number of aryl methyl sites for hydroxylation is 1. The van der Waals surface area contributed by atoms with Gasteiger partial charge in [-0.3, -0.25) is 0 Å². The number of benzene rings is 2. The highest BCUT2D eigenvalue weighted by molar-refractivity contribution is 14.1. The van der Waals surface area contributed by atoms with E-state index in [4.69, 9.17) is 0 Å². The summed E-state index contributed by atoms with van der Waals surface area (Å²) in [5, 5.41) is 0. The van der Waals surface area contributed by atoms with E-state index in [0.717, 1.165) is 17.7 Å². The van der Waals surface area contributed by atoms with Crippen molar-refractivity contribution in [2.24, 2.45) is 0 Å². The lowest BCUT2D eigenvalue weighted by Gasteiger charge is -2.37. The molecule has 0 bridgehead atoms. The number of nitrogens with zero attached hydrogens (tertiary/aromatic N) is 1. The van der Waals surface area contributed by atoms with Crippen molar-refractivity contribution in [3.8, 4) is 0 Å². The van der Waals surface area contributed by atoms with Crippen molar-refractivity contribution in [1.29, 1.82) is 0 Å². The Labute approximate surface area is 170 Å². The van der Waals surface area contributed by atoms with E-state index < -0.39 is 27.8 Å². The van der Waals surface area contributed by atoms with E-state index in [1.165, 1.54) is 16.4 Å². The zero-order valence-electron chi connectivity index (χ0n) is 14.6. The standard InChI is InChI=1S/C19H19F3INO2S/c1-13-2-8-17(9-3-13)27(25,26)24-11-10-16(23)12-18(24)14-4-6-15(7-5-14)19(20,21)22/h2-9,16,18H,10-12H2,1H3. The Hall–Kier alpha value is -1.13. The maximum atomic E-state index is 13.2. The van der Waals surface area contributed by atoms with Crippen molar-refractivity contribution >= 4 is 32.6 Å². The highest BCUT2D eigenvalue weighted by Crippen LogP contribution is 2.39. The number of hydrogen-bond donors (Lipinski definition) is 0. The van der Waals surface area contributed by atoms with E-state index in [2.05, 4.69) is 22.6 Å². The van der Waals surface area contributed by atoms with Gasteiger partial charge < -0.3 is 0 Å². The molecule has 0 aliphatic carbocycles. The molecule has 2 atom stereocenters. The number of halogens is 4. The summed E-state index contributed by atoms with van der Waals surface area (Å²) in [7, 11) is -3.73. The van der Waals surface area contributed by atoms with Gasteiger partial charge >= 0.3 is 6.18 Å². The normalized spacial score (nSPS) is 22.0. The first-order valence-electron chi connectivity index (χ1n) is 8.49. The van der Waals surface area contributed by atoms with Crippen molar-refractivity contribution in [2.75, 3.05) is 6.54 Å². The van der Waals surface area contributed by atoms with E-state index in [1.54, 1.807) is 24.3 Å². The average Bonchev–Trinajstić information content (AvgIpc) is 2.61. The molecular formula is C19H19F3INO2S. The highest BCUT2D eigenvalue weighted by atomic mass is 127. The predicted octanol–water partition coefficient (Wildman–Crippen LogP) is 5.34. The fourth-order valence-corrected chi connectivity index (χ4v) is 5.63. The Morgan fingerprint density at radius 1 is 1.04 bits per heavy atom. The Balaban J connectivity index is 1.97. The first kappa shape index (κ1) is 20.6. The van der Waals surface area contributed by atoms with Gasteiger partial charge in [-0.15, -0.1) is 0 Å². The lowest BCUT2D eigenvalue weighted by molar-refractivity contribution is -0.137. The lowest BCUT2D eigenvalue weighted by Crippen LogP contribution is -2.41. The van der Waals surface area contributed by atoms with E-state index in [0.29, 0.717) is 24.9 Å². The minimum atomic E-state index is -4.41. The zero-order chi connectivity index (χ0) is 19.8. The molecule has 0 saturated carbocycles. The van der Waals surface area contributed by atoms with E-state index in [-0.39, 0.29) is 8.82 Å². The highest BCUT2D eigenvalue weighted by Gasteiger charge is 2.37. The van der Waals surface area contributed by atoms with Crippen LogP contribution in [-0.2, 0) is 16.2 Å². The van der Waals surface area contributed by atoms with Crippen LogP contribution in [0, 0.1) is 6.92 Å². The van der Waals surface area contributed by atoms with Crippen LogP contribution in [0.2, 0.25) is 0 Å². The number of piperidine rings is 1. The molecule has 1 aliphatic rings. The average molecular weight is 509 g/mol. The van der Waals surface area contributed by atoms with Gasteiger partial charge in [0.25, 0.3) is 0 Å². The van der Waals surface area contributed by atoms with Crippen LogP contribution in [0.4, 0.5) is 13.2 Å². The predicted molar refractivity (Wildman–Crippen MR) is 106 cm³/mol. The Kier molecular flexibility index (Phi) is 5.88. The van der Waals surface area contributed by atoms with Gasteiger partial charge in [0.2, 0.25) is 10.0 Å². The third kappa shape index (κ3) is 4.48. The molecule has 146 valence electrons. The van der Waals surface area contributed by atoms with Crippen molar-refractivity contribution < 1.29 is 21.6 Å². The van der Waals surface area contributed by atoms with Gasteiger partial charge in [-0.1, -0.05) is 52.4 Å². The molecule has 1 fully saturated rings. The molecule has 1 heterocycles. The fourth-order valence-electron chi connectivity index (χ4n) is 3.23. The second-order valence-electron chi connectivity index (χ2n) is 6.69. The molecule has 0 aromatic heterocycles. The van der Waals surface area contributed by atoms with Crippen molar-refractivity contribution in [3.63, 3.8) is 0 Å². The summed E-state index contributed by atoms with van der Waals surface area (Å²) >= 11 is 2.27. The summed E-state index contributed by atoms with van der Waals surface area (Å²) in [4.78, 5) is 0.205. The molecule has 0 N–H and O–H groups in total. The summed E-state index contributed by atoms with van der Waals surface area (Å²) < 4.78 is 66.5. The SMILES string of the molecule is Cc1ccc(S(=O)(=O)N2CCC(I)CC2c2ccc(C(F)(F)F)cc2)cc1. The topological polar surface area (TPSA) is 37.4 Å². The molecule has 3 rings (SSSR count). The van der Waals surface area contributed by atoms with Gasteiger partial charge in [0.15, 0.2) is 0 Å². The minimum Gasteiger partial charge on any atom is -0.207 e. The van der Waals surface area contributed by atoms with Crippen LogP contribution in [0.3, 0.4) is 0 Å². The molecule has 0 amide bonds. The van der Waals surface area contributed by atoms with Gasteiger partial charge in [0, 0.05) is 10.5 Å². The zero-order valence-corrected chi connectivity index (χ0v) is 17.6. The third-order valence-corrected chi connectivity index (χ3v) is 7.79. The number of rotatable bonds is 3. The van der Waals surface area contributed by atoms with E-state index in [1.807, 2.05) is 6.92 Å². The first-order valence-corrected chi connectivity index (χ1v) is 11.2. The van der Waals surface area contributed by atoms with Crippen molar-refractivity contribution in [3.05, 3.63) is 65.2 Å². The number of hydrogen-bond acceptors (Lipinski definition) is 2. The Bertz CT molecular complexity index is 896. The molecule has 1 aliphatic heterocycles. The summed E-state index contributed by atoms with van der Waals surface area (Å²) in [6.07, 6.45) is -3.13. The quantitative estimate of drug-likeness (QED) is 0.414. The largest absolute Gasteiger partial charge is 0.416 e. The van der Waals surface area contributed by atoms with Crippen LogP contribution in [0.15, 0.2) is 53.4 Å². The number of sulfonamides is 1. The van der Waals surface area contributed by atoms with Gasteiger partial charge in [0.05, 0.1) is 16.5 Å². The molecule has 2 aromatic rings. The second kappa shape index (κ2) is 7.71. The van der Waals surface area contributed by atoms with Crippen LogP contribution < -0.4 is 0 Å². The molecule has 2 aromatic carbocycles. The van der Waals surface area contributed by atoms with E-state index >= 15 is 0 Å². The van der Waals surface area contributed by atoms with Gasteiger partial charge in [-0.25, -0.2) is 8.42 Å². The van der Waals surface area contributed by atoms with Crippen LogP contribution in [-0.4, -0.2) is 23.2 Å². The molecule has 8 heteroatoms. The first-order chi connectivity index (χ1) is 12.6. The van der Waals surface area contributed by atoms with E-state index in [9.17, 15) is 21.6 Å². The molecule has 0 spiro atoms. The molecule has 2 unspecified atom stereocenters. The molecule has 27 heavy (non-hydrogen) atoms. The fraction of sp³-hybridized carbons (Fsp3) is 0.368. The molecule has 3 nitrogen and oxygen atoms in total. The number of alkyl halides is 4. The van der Waals surface area contributed by atoms with Crippen molar-refractivity contribution in [1.82, 2.24) is 4.31 Å². The lowest BCUT2D eigenvalue weighted by atomic mass is 9.96. The molecule has 1 saturated heterocycles. The van der Waals surface area contributed by atoms with Crippen LogP contribution in [0.1, 0.15) is 35.6 Å². The van der Waals surface area contributed by atoms with Crippen molar-refractivity contribution in [2.45, 2.75) is 40.8 Å². The third-order valence-electron chi connectivity index (χ3n) is 4.74.